The fraction of sp³-hybridized carbons (Fsp3) is 0.520. The largest absolute Gasteiger partial charge is 0.400 e. The molecule has 4 aromatic rings. The molecule has 6 rings (SSSR count). The van der Waals surface area contributed by atoms with Gasteiger partial charge in [0.2, 0.25) is 0 Å². The number of aromatic nitrogens is 7. The van der Waals surface area contributed by atoms with Gasteiger partial charge in [-0.05, 0) is 24.8 Å². The molecule has 0 bridgehead atoms. The van der Waals surface area contributed by atoms with E-state index in [-0.39, 0.29) is 30.1 Å². The normalized spacial score (nSPS) is 25.7. The van der Waals surface area contributed by atoms with Crippen molar-refractivity contribution in [3.05, 3.63) is 41.6 Å². The first kappa shape index (κ1) is 31.8. The van der Waals surface area contributed by atoms with Crippen LogP contribution in [0, 0.1) is 17.2 Å². The molecule has 0 spiro atoms. The second kappa shape index (κ2) is 14.4. The summed E-state index contributed by atoms with van der Waals surface area (Å²) in [6.07, 6.45) is 2.66. The van der Waals surface area contributed by atoms with Gasteiger partial charge in [0.05, 0.1) is 44.0 Å². The van der Waals surface area contributed by atoms with Crippen molar-refractivity contribution in [3.63, 3.8) is 0 Å². The van der Waals surface area contributed by atoms with Crippen molar-refractivity contribution >= 4 is 54.0 Å². The summed E-state index contributed by atoms with van der Waals surface area (Å²) < 4.78 is 42.8. The van der Waals surface area contributed by atoms with Gasteiger partial charge in [0, 0.05) is 19.3 Å². The van der Waals surface area contributed by atoms with Gasteiger partial charge in [0.15, 0.2) is 23.2 Å². The quantitative estimate of drug-likeness (QED) is 0.135. The van der Waals surface area contributed by atoms with Crippen LogP contribution in [0.4, 0.5) is 4.39 Å². The van der Waals surface area contributed by atoms with Crippen molar-refractivity contribution in [1.29, 1.82) is 5.26 Å². The zero-order valence-electron chi connectivity index (χ0n) is 22.8. The molecule has 1 aliphatic heterocycles. The van der Waals surface area contributed by atoms with E-state index >= 15 is 4.39 Å². The average molecular weight is 657 g/mol. The Morgan fingerprint density at radius 1 is 1.09 bits per heavy atom. The van der Waals surface area contributed by atoms with Crippen LogP contribution >= 0.6 is 31.8 Å². The summed E-state index contributed by atoms with van der Waals surface area (Å²) in [5.74, 6) is 0.181. The van der Waals surface area contributed by atoms with E-state index in [1.807, 2.05) is 10.6 Å². The van der Waals surface area contributed by atoms with Gasteiger partial charge < -0.3 is 37.7 Å². The van der Waals surface area contributed by atoms with Gasteiger partial charge in [-0.2, -0.15) is 5.26 Å². The number of imidazole rings is 1. The van der Waals surface area contributed by atoms with Gasteiger partial charge >= 0.3 is 8.60 Å². The van der Waals surface area contributed by atoms with E-state index in [0.29, 0.717) is 34.0 Å². The van der Waals surface area contributed by atoms with Crippen LogP contribution in [0.15, 0.2) is 31.2 Å². The van der Waals surface area contributed by atoms with Crippen molar-refractivity contribution in [2.24, 2.45) is 5.92 Å². The highest BCUT2D eigenvalue weighted by molar-refractivity contribution is 7.41. The SMILES string of the molecule is CO.N#CCCOP(OCC1CC(n2cnc3c(Cl)ncnc32)C1)O[C@@H]1C(CO)OC(n2ccc3c(Cl)ncnc32)C1F. The number of ether oxygens (including phenoxy) is 1. The Kier molecular flexibility index (Phi) is 10.7. The first-order chi connectivity index (χ1) is 21.0. The maximum atomic E-state index is 15.8. The van der Waals surface area contributed by atoms with Crippen molar-refractivity contribution in [2.75, 3.05) is 26.9 Å². The minimum Gasteiger partial charge on any atom is -0.400 e. The number of nitrogens with zero attached hydrogens (tertiary/aromatic N) is 8. The van der Waals surface area contributed by atoms with E-state index in [2.05, 4.69) is 24.9 Å². The lowest BCUT2D eigenvalue weighted by Gasteiger charge is -2.36. The summed E-state index contributed by atoms with van der Waals surface area (Å²) >= 11 is 12.3. The monoisotopic (exact) mass is 656 g/mol. The van der Waals surface area contributed by atoms with Crippen LogP contribution in [-0.4, -0.2) is 89.6 Å². The Balaban J connectivity index is 0.00000180. The van der Waals surface area contributed by atoms with Gasteiger partial charge in [0.25, 0.3) is 0 Å². The zero-order chi connectivity index (χ0) is 30.5. The van der Waals surface area contributed by atoms with Crippen LogP contribution in [0.3, 0.4) is 0 Å². The Labute approximate surface area is 256 Å². The molecule has 0 aromatic carbocycles. The lowest BCUT2D eigenvalue weighted by atomic mass is 9.81. The maximum absolute atomic E-state index is 15.8. The van der Waals surface area contributed by atoms with Crippen LogP contribution < -0.4 is 0 Å². The number of alkyl halides is 1. The molecular formula is C25H28Cl2FN8O6P. The molecule has 2 N–H and O–H groups in total. The van der Waals surface area contributed by atoms with Crippen molar-refractivity contribution in [1.82, 2.24) is 34.1 Å². The molecule has 5 atom stereocenters. The number of rotatable bonds is 11. The molecular weight excluding hydrogens is 629 g/mol. The summed E-state index contributed by atoms with van der Waals surface area (Å²) in [5.41, 5.74) is 1.61. The predicted octanol–water partition coefficient (Wildman–Crippen LogP) is 3.92. The van der Waals surface area contributed by atoms with Gasteiger partial charge in [-0.25, -0.2) is 29.3 Å². The molecule has 1 saturated carbocycles. The van der Waals surface area contributed by atoms with E-state index < -0.39 is 39.8 Å². The Bertz CT molecular complexity index is 1570. The number of aliphatic hydroxyl groups is 2. The third-order valence-corrected chi connectivity index (χ3v) is 8.88. The molecule has 43 heavy (non-hydrogen) atoms. The third-order valence-electron chi connectivity index (χ3n) is 7.13. The number of hydrogen-bond acceptors (Lipinski definition) is 12. The fourth-order valence-corrected chi connectivity index (χ4v) is 6.61. The van der Waals surface area contributed by atoms with Crippen molar-refractivity contribution < 1.29 is 32.9 Å². The number of nitriles is 1. The molecule has 5 heterocycles. The van der Waals surface area contributed by atoms with Gasteiger partial charge in [-0.3, -0.25) is 0 Å². The van der Waals surface area contributed by atoms with Gasteiger partial charge in [-0.15, -0.1) is 0 Å². The number of hydrogen-bond donors (Lipinski definition) is 2. The van der Waals surface area contributed by atoms with Crippen LogP contribution in [-0.2, 0) is 18.3 Å². The van der Waals surface area contributed by atoms with Crippen molar-refractivity contribution in [2.45, 2.75) is 49.9 Å². The first-order valence-corrected chi connectivity index (χ1v) is 15.1. The maximum Gasteiger partial charge on any atom is 0.333 e. The highest BCUT2D eigenvalue weighted by Crippen LogP contribution is 2.49. The minimum atomic E-state index is -2.05. The molecule has 1 saturated heterocycles. The van der Waals surface area contributed by atoms with E-state index in [4.69, 9.17) is 51.9 Å². The number of aliphatic hydroxyl groups excluding tert-OH is 2. The molecule has 0 radical (unpaired) electrons. The summed E-state index contributed by atoms with van der Waals surface area (Å²) in [7, 11) is -1.05. The summed E-state index contributed by atoms with van der Waals surface area (Å²) in [6.45, 7) is -0.145. The van der Waals surface area contributed by atoms with E-state index in [1.165, 1.54) is 17.2 Å². The lowest BCUT2D eigenvalue weighted by molar-refractivity contribution is -0.0453. The van der Waals surface area contributed by atoms with Crippen molar-refractivity contribution in [3.8, 4) is 6.07 Å². The zero-order valence-corrected chi connectivity index (χ0v) is 25.2. The minimum absolute atomic E-state index is 0.0480. The number of halogens is 3. The third kappa shape index (κ3) is 6.58. The van der Waals surface area contributed by atoms with Gasteiger partial charge in [-0.1, -0.05) is 23.2 Å². The molecule has 18 heteroatoms. The first-order valence-electron chi connectivity index (χ1n) is 13.2. The molecule has 230 valence electrons. The lowest BCUT2D eigenvalue weighted by Crippen LogP contribution is -2.33. The Hall–Kier alpha value is -2.64. The van der Waals surface area contributed by atoms with E-state index in [0.717, 1.165) is 20.0 Å². The van der Waals surface area contributed by atoms with Crippen LogP contribution in [0.25, 0.3) is 22.2 Å². The second-order valence-corrected chi connectivity index (χ2v) is 11.5. The highest BCUT2D eigenvalue weighted by Gasteiger charge is 2.49. The van der Waals surface area contributed by atoms with Gasteiger partial charge in [0.1, 0.15) is 41.2 Å². The van der Waals surface area contributed by atoms with E-state index in [9.17, 15) is 5.11 Å². The predicted molar refractivity (Wildman–Crippen MR) is 153 cm³/mol. The molecule has 0 amide bonds. The Morgan fingerprint density at radius 2 is 1.84 bits per heavy atom. The summed E-state index contributed by atoms with van der Waals surface area (Å²) in [4.78, 5) is 20.7. The molecule has 2 fully saturated rings. The topological polar surface area (TPSA) is 175 Å². The Morgan fingerprint density at radius 3 is 2.58 bits per heavy atom. The second-order valence-electron chi connectivity index (χ2n) is 9.63. The summed E-state index contributed by atoms with van der Waals surface area (Å²) in [6, 6.07) is 3.83. The average Bonchev–Trinajstić information content (AvgIpc) is 3.70. The fourth-order valence-electron chi connectivity index (χ4n) is 5.02. The highest BCUT2D eigenvalue weighted by atomic mass is 35.5. The van der Waals surface area contributed by atoms with Crippen LogP contribution in [0.5, 0.6) is 0 Å². The molecule has 4 unspecified atom stereocenters. The smallest absolute Gasteiger partial charge is 0.333 e. The van der Waals surface area contributed by atoms with E-state index in [1.54, 1.807) is 18.6 Å². The van der Waals surface area contributed by atoms with Crippen LogP contribution in [0.2, 0.25) is 10.3 Å². The standard InChI is InChI=1S/C24H24Cl2FN8O5P.CH4O/c25-20-15-2-4-34(22(15)31-10-29-20)24-17(27)19(16(8-36)39-24)40-41(37-5-1-3-28)38-9-13-6-14(7-13)35-12-33-18-21(26)30-11-32-23(18)35;1-2/h2,4,10-14,16-17,19,24,36H,1,5-9H2;2H,1H3/t13?,14?,16?,17?,19-,24?,41?;/m1./s1. The number of fused-ring (bicyclic) bond motifs is 2. The molecule has 2 aliphatic rings. The molecule has 14 nitrogen and oxygen atoms in total. The molecule has 1 aliphatic carbocycles. The van der Waals surface area contributed by atoms with Crippen LogP contribution in [0.1, 0.15) is 31.5 Å². The summed E-state index contributed by atoms with van der Waals surface area (Å²) in [5, 5.41) is 27.0. The molecule has 4 aromatic heterocycles.